The number of hydrogen-bond acceptors (Lipinski definition) is 6. The van der Waals surface area contributed by atoms with E-state index in [2.05, 4.69) is 20.6 Å². The van der Waals surface area contributed by atoms with Gasteiger partial charge in [-0.1, -0.05) is 24.3 Å². The molecule has 0 spiro atoms. The van der Waals surface area contributed by atoms with E-state index in [1.807, 2.05) is 30.3 Å². The Labute approximate surface area is 162 Å². The van der Waals surface area contributed by atoms with Gasteiger partial charge in [0.05, 0.1) is 7.11 Å². The molecule has 2 aromatic carbocycles. The highest BCUT2D eigenvalue weighted by atomic mass is 16.5. The van der Waals surface area contributed by atoms with Crippen LogP contribution < -0.4 is 15.4 Å². The second kappa shape index (κ2) is 8.77. The number of amides is 1. The molecule has 0 unspecified atom stereocenters. The first-order valence-corrected chi connectivity index (χ1v) is 8.66. The van der Waals surface area contributed by atoms with E-state index in [0.717, 1.165) is 11.3 Å². The number of carbonyl (C=O) groups excluding carboxylic acids is 2. The first-order chi connectivity index (χ1) is 13.5. The molecular formula is C21H20N4O3. The highest BCUT2D eigenvalue weighted by molar-refractivity contribution is 5.95. The first kappa shape index (κ1) is 19.0. The topological polar surface area (TPSA) is 93.2 Å². The van der Waals surface area contributed by atoms with Crippen molar-refractivity contribution in [3.8, 4) is 5.75 Å². The van der Waals surface area contributed by atoms with Crippen LogP contribution in [0.25, 0.3) is 0 Å². The Hall–Kier alpha value is -3.74. The van der Waals surface area contributed by atoms with Gasteiger partial charge < -0.3 is 15.4 Å². The normalized spacial score (nSPS) is 10.2. The average Bonchev–Trinajstić information content (AvgIpc) is 2.72. The van der Waals surface area contributed by atoms with Gasteiger partial charge in [0.15, 0.2) is 5.78 Å². The maximum absolute atomic E-state index is 12.4. The summed E-state index contributed by atoms with van der Waals surface area (Å²) in [4.78, 5) is 32.1. The van der Waals surface area contributed by atoms with Crippen LogP contribution in [0.1, 0.15) is 33.3 Å². The van der Waals surface area contributed by atoms with Crippen LogP contribution in [0.4, 0.5) is 11.5 Å². The largest absolute Gasteiger partial charge is 0.497 e. The number of ether oxygens (including phenoxy) is 1. The predicted octanol–water partition coefficient (Wildman–Crippen LogP) is 3.36. The molecule has 0 atom stereocenters. The predicted molar refractivity (Wildman–Crippen MR) is 106 cm³/mol. The Bertz CT molecular complexity index is 987. The second-order valence-corrected chi connectivity index (χ2v) is 6.08. The molecular weight excluding hydrogens is 356 g/mol. The van der Waals surface area contributed by atoms with Gasteiger partial charge in [-0.3, -0.25) is 9.59 Å². The number of Topliss-reactive ketones (excluding diaryl/α,β-unsaturated/α-hetero) is 1. The van der Waals surface area contributed by atoms with E-state index in [-0.39, 0.29) is 17.4 Å². The lowest BCUT2D eigenvalue weighted by Gasteiger charge is -2.09. The molecule has 3 aromatic rings. The van der Waals surface area contributed by atoms with Crippen LogP contribution in [0.5, 0.6) is 5.75 Å². The first-order valence-electron chi connectivity index (χ1n) is 8.66. The van der Waals surface area contributed by atoms with Crippen molar-refractivity contribution >= 4 is 23.2 Å². The van der Waals surface area contributed by atoms with Crippen LogP contribution in [0.15, 0.2) is 60.9 Å². The molecule has 0 aliphatic heterocycles. The molecule has 7 nitrogen and oxygen atoms in total. The number of hydrogen-bond donors (Lipinski definition) is 2. The van der Waals surface area contributed by atoms with E-state index in [0.29, 0.717) is 23.6 Å². The maximum Gasteiger partial charge on any atom is 0.270 e. The van der Waals surface area contributed by atoms with Crippen molar-refractivity contribution in [3.63, 3.8) is 0 Å². The molecule has 28 heavy (non-hydrogen) atoms. The molecule has 0 aliphatic carbocycles. The van der Waals surface area contributed by atoms with Crippen molar-refractivity contribution in [3.05, 3.63) is 77.7 Å². The summed E-state index contributed by atoms with van der Waals surface area (Å²) in [5.41, 5.74) is 2.49. The number of anilines is 2. The standard InChI is InChI=1S/C21H20N4O3/c1-14(26)16-4-3-5-17(10-16)25-20-11-19(23-13-24-20)21(27)22-12-15-6-8-18(28-2)9-7-15/h3-11,13H,12H2,1-2H3,(H,22,27)(H,23,24,25). The Morgan fingerprint density at radius 2 is 1.82 bits per heavy atom. The number of nitrogens with one attached hydrogen (secondary N) is 2. The Kier molecular flexibility index (Phi) is 5.96. The summed E-state index contributed by atoms with van der Waals surface area (Å²) in [6.07, 6.45) is 1.32. The highest BCUT2D eigenvalue weighted by Crippen LogP contribution is 2.17. The molecule has 0 saturated heterocycles. The number of benzene rings is 2. The molecule has 0 aliphatic rings. The van der Waals surface area contributed by atoms with Crippen molar-refractivity contribution in [2.24, 2.45) is 0 Å². The number of carbonyl (C=O) groups is 2. The van der Waals surface area contributed by atoms with Crippen molar-refractivity contribution in [1.82, 2.24) is 15.3 Å². The summed E-state index contributed by atoms with van der Waals surface area (Å²) >= 11 is 0. The molecule has 2 N–H and O–H groups in total. The molecule has 1 aromatic heterocycles. The van der Waals surface area contributed by atoms with Crippen molar-refractivity contribution in [2.75, 3.05) is 12.4 Å². The number of ketones is 1. The van der Waals surface area contributed by atoms with E-state index in [9.17, 15) is 9.59 Å². The van der Waals surface area contributed by atoms with Gasteiger partial charge in [0, 0.05) is 23.9 Å². The minimum absolute atomic E-state index is 0.0232. The minimum atomic E-state index is -0.307. The van der Waals surface area contributed by atoms with Crippen molar-refractivity contribution < 1.29 is 14.3 Å². The van der Waals surface area contributed by atoms with E-state index >= 15 is 0 Å². The van der Waals surface area contributed by atoms with Gasteiger partial charge in [0.25, 0.3) is 5.91 Å². The van der Waals surface area contributed by atoms with Crippen LogP contribution in [0.3, 0.4) is 0 Å². The molecule has 7 heteroatoms. The Balaban J connectivity index is 1.65. The molecule has 0 bridgehead atoms. The summed E-state index contributed by atoms with van der Waals surface area (Å²) in [5, 5.41) is 5.91. The number of rotatable bonds is 7. The smallest absolute Gasteiger partial charge is 0.270 e. The number of nitrogens with zero attached hydrogens (tertiary/aromatic N) is 2. The van der Waals surface area contributed by atoms with Crippen molar-refractivity contribution in [2.45, 2.75) is 13.5 Å². The lowest BCUT2D eigenvalue weighted by Crippen LogP contribution is -2.24. The molecule has 0 fully saturated rings. The van der Waals surface area contributed by atoms with Crippen molar-refractivity contribution in [1.29, 1.82) is 0 Å². The lowest BCUT2D eigenvalue weighted by atomic mass is 10.1. The zero-order valence-corrected chi connectivity index (χ0v) is 15.6. The number of methoxy groups -OCH3 is 1. The third-order valence-electron chi connectivity index (χ3n) is 4.05. The summed E-state index contributed by atoms with van der Waals surface area (Å²) in [6.45, 7) is 1.88. The lowest BCUT2D eigenvalue weighted by molar-refractivity contribution is 0.0945. The van der Waals surface area contributed by atoms with Crippen LogP contribution in [-0.4, -0.2) is 28.8 Å². The quantitative estimate of drug-likeness (QED) is 0.614. The monoisotopic (exact) mass is 376 g/mol. The molecule has 142 valence electrons. The van der Waals surface area contributed by atoms with E-state index < -0.39 is 0 Å². The Morgan fingerprint density at radius 3 is 2.54 bits per heavy atom. The fraction of sp³-hybridized carbons (Fsp3) is 0.143. The van der Waals surface area contributed by atoms with Crippen LogP contribution >= 0.6 is 0 Å². The van der Waals surface area contributed by atoms with Gasteiger partial charge >= 0.3 is 0 Å². The molecule has 1 amide bonds. The maximum atomic E-state index is 12.4. The fourth-order valence-electron chi connectivity index (χ4n) is 2.53. The third-order valence-corrected chi connectivity index (χ3v) is 4.05. The van der Waals surface area contributed by atoms with Gasteiger partial charge in [-0.2, -0.15) is 0 Å². The van der Waals surface area contributed by atoms with Gasteiger partial charge in [0.2, 0.25) is 0 Å². The van der Waals surface area contributed by atoms with Gasteiger partial charge in [0.1, 0.15) is 23.6 Å². The van der Waals surface area contributed by atoms with Gasteiger partial charge in [-0.05, 0) is 36.8 Å². The molecule has 1 heterocycles. The Morgan fingerprint density at radius 1 is 1.04 bits per heavy atom. The zero-order chi connectivity index (χ0) is 19.9. The number of aromatic nitrogens is 2. The summed E-state index contributed by atoms with van der Waals surface area (Å²) < 4.78 is 5.12. The second-order valence-electron chi connectivity index (χ2n) is 6.08. The minimum Gasteiger partial charge on any atom is -0.497 e. The summed E-state index contributed by atoms with van der Waals surface area (Å²) in [7, 11) is 1.61. The molecule has 3 rings (SSSR count). The third kappa shape index (κ3) is 4.91. The zero-order valence-electron chi connectivity index (χ0n) is 15.6. The SMILES string of the molecule is COc1ccc(CNC(=O)c2cc(Nc3cccc(C(C)=O)c3)ncn2)cc1. The van der Waals surface area contributed by atoms with E-state index in [4.69, 9.17) is 4.74 Å². The van der Waals surface area contributed by atoms with Gasteiger partial charge in [-0.25, -0.2) is 9.97 Å². The molecule has 0 saturated carbocycles. The van der Waals surface area contributed by atoms with Crippen LogP contribution in [0.2, 0.25) is 0 Å². The fourth-order valence-corrected chi connectivity index (χ4v) is 2.53. The highest BCUT2D eigenvalue weighted by Gasteiger charge is 2.09. The molecule has 0 radical (unpaired) electrons. The average molecular weight is 376 g/mol. The summed E-state index contributed by atoms with van der Waals surface area (Å²) in [6, 6.07) is 16.1. The van der Waals surface area contributed by atoms with E-state index in [1.165, 1.54) is 13.3 Å². The van der Waals surface area contributed by atoms with Crippen LogP contribution in [0, 0.1) is 0 Å². The van der Waals surface area contributed by atoms with Crippen LogP contribution in [-0.2, 0) is 6.54 Å². The van der Waals surface area contributed by atoms with Gasteiger partial charge in [-0.15, -0.1) is 0 Å². The van der Waals surface area contributed by atoms with E-state index in [1.54, 1.807) is 31.4 Å². The summed E-state index contributed by atoms with van der Waals surface area (Å²) in [5.74, 6) is 0.893.